The Morgan fingerprint density at radius 2 is 1.50 bits per heavy atom. The van der Waals surface area contributed by atoms with Gasteiger partial charge in [-0.25, -0.2) is 13.2 Å². The zero-order valence-electron chi connectivity index (χ0n) is 9.13. The lowest BCUT2D eigenvalue weighted by Gasteiger charge is -2.14. The van der Waals surface area contributed by atoms with Crippen LogP contribution in [0, 0.1) is 17.5 Å². The molecule has 0 heterocycles. The third kappa shape index (κ3) is 2.73. The normalized spacial score (nSPS) is 12.5. The van der Waals surface area contributed by atoms with Gasteiger partial charge in [-0.3, -0.25) is 0 Å². The van der Waals surface area contributed by atoms with Crippen molar-refractivity contribution < 1.29 is 13.2 Å². The minimum Gasteiger partial charge on any atom is -0.320 e. The summed E-state index contributed by atoms with van der Waals surface area (Å²) in [5.74, 6) is -1.80. The Bertz CT molecular complexity index is 566. The van der Waals surface area contributed by atoms with Crippen molar-refractivity contribution in [1.82, 2.24) is 0 Å². The average molecular weight is 316 g/mol. The maximum atomic E-state index is 13.1. The number of hydrogen-bond acceptors (Lipinski definition) is 1. The molecule has 0 fully saturated rings. The van der Waals surface area contributed by atoms with Gasteiger partial charge in [-0.15, -0.1) is 0 Å². The molecule has 1 nitrogen and oxygen atoms in total. The fourth-order valence-corrected chi connectivity index (χ4v) is 2.29. The van der Waals surface area contributed by atoms with E-state index in [0.717, 1.165) is 18.2 Å². The van der Waals surface area contributed by atoms with E-state index in [1.165, 1.54) is 18.2 Å². The smallest absolute Gasteiger partial charge is 0.126 e. The van der Waals surface area contributed by atoms with Gasteiger partial charge in [0.05, 0.1) is 6.04 Å². The Morgan fingerprint density at radius 3 is 2.06 bits per heavy atom. The molecular weight excluding hydrogens is 307 g/mol. The standard InChI is InChI=1S/C13H9BrF3N/c14-12-6-8(15)1-2-11(12)13(18)7-3-9(16)5-10(17)4-7/h1-6,13H,18H2. The first-order valence-electron chi connectivity index (χ1n) is 5.14. The summed E-state index contributed by atoms with van der Waals surface area (Å²) in [5, 5.41) is 0. The van der Waals surface area contributed by atoms with E-state index in [1.54, 1.807) is 0 Å². The second kappa shape index (κ2) is 5.12. The molecule has 1 atom stereocenters. The van der Waals surface area contributed by atoms with Crippen LogP contribution in [0.25, 0.3) is 0 Å². The number of benzene rings is 2. The lowest BCUT2D eigenvalue weighted by molar-refractivity contribution is 0.577. The maximum absolute atomic E-state index is 13.1. The number of halogens is 4. The van der Waals surface area contributed by atoms with Crippen LogP contribution in [-0.2, 0) is 0 Å². The summed E-state index contributed by atoms with van der Waals surface area (Å²) in [6, 6.07) is 6.33. The number of hydrogen-bond donors (Lipinski definition) is 1. The van der Waals surface area contributed by atoms with Crippen LogP contribution in [0.5, 0.6) is 0 Å². The number of rotatable bonds is 2. The van der Waals surface area contributed by atoms with Gasteiger partial charge in [-0.2, -0.15) is 0 Å². The van der Waals surface area contributed by atoms with E-state index in [9.17, 15) is 13.2 Å². The summed E-state index contributed by atoms with van der Waals surface area (Å²) in [7, 11) is 0. The second-order valence-corrected chi connectivity index (χ2v) is 4.70. The van der Waals surface area contributed by atoms with Crippen LogP contribution in [-0.4, -0.2) is 0 Å². The molecule has 18 heavy (non-hydrogen) atoms. The minimum atomic E-state index is -0.731. The van der Waals surface area contributed by atoms with Gasteiger partial charge in [0.25, 0.3) is 0 Å². The van der Waals surface area contributed by atoms with Crippen LogP contribution in [0.4, 0.5) is 13.2 Å². The van der Waals surface area contributed by atoms with Crippen molar-refractivity contribution >= 4 is 15.9 Å². The van der Waals surface area contributed by atoms with Gasteiger partial charge < -0.3 is 5.73 Å². The molecule has 0 saturated heterocycles. The summed E-state index contributed by atoms with van der Waals surface area (Å²) in [4.78, 5) is 0. The van der Waals surface area contributed by atoms with Crippen molar-refractivity contribution in [2.75, 3.05) is 0 Å². The Morgan fingerprint density at radius 1 is 0.889 bits per heavy atom. The monoisotopic (exact) mass is 315 g/mol. The Labute approximate surface area is 111 Å². The number of nitrogens with two attached hydrogens (primary N) is 1. The summed E-state index contributed by atoms with van der Waals surface area (Å²) >= 11 is 3.17. The SMILES string of the molecule is NC(c1cc(F)cc(F)c1)c1ccc(F)cc1Br. The summed E-state index contributed by atoms with van der Waals surface area (Å²) < 4.78 is 39.6. The quantitative estimate of drug-likeness (QED) is 0.893. The predicted molar refractivity (Wildman–Crippen MR) is 66.5 cm³/mol. The maximum Gasteiger partial charge on any atom is 0.126 e. The summed E-state index contributed by atoms with van der Waals surface area (Å²) in [6.07, 6.45) is 0. The van der Waals surface area contributed by atoms with Gasteiger partial charge >= 0.3 is 0 Å². The van der Waals surface area contributed by atoms with E-state index in [0.29, 0.717) is 15.6 Å². The van der Waals surface area contributed by atoms with E-state index in [-0.39, 0.29) is 0 Å². The molecule has 0 bridgehead atoms. The van der Waals surface area contributed by atoms with Crippen molar-refractivity contribution in [3.63, 3.8) is 0 Å². The van der Waals surface area contributed by atoms with Crippen LogP contribution < -0.4 is 5.73 Å². The lowest BCUT2D eigenvalue weighted by atomic mass is 9.99. The van der Waals surface area contributed by atoms with Crippen LogP contribution in [0.15, 0.2) is 40.9 Å². The molecule has 94 valence electrons. The van der Waals surface area contributed by atoms with Gasteiger partial charge in [0.15, 0.2) is 0 Å². The van der Waals surface area contributed by atoms with Crippen molar-refractivity contribution in [1.29, 1.82) is 0 Å². The zero-order valence-corrected chi connectivity index (χ0v) is 10.7. The highest BCUT2D eigenvalue weighted by molar-refractivity contribution is 9.10. The Balaban J connectivity index is 2.44. The van der Waals surface area contributed by atoms with Gasteiger partial charge in [-0.1, -0.05) is 22.0 Å². The molecule has 2 aromatic rings. The van der Waals surface area contributed by atoms with Gasteiger partial charge in [0.1, 0.15) is 17.5 Å². The van der Waals surface area contributed by atoms with Crippen LogP contribution >= 0.6 is 15.9 Å². The average Bonchev–Trinajstić information content (AvgIpc) is 2.26. The van der Waals surface area contributed by atoms with E-state index in [1.807, 2.05) is 0 Å². The molecule has 0 aliphatic heterocycles. The molecule has 0 aliphatic rings. The van der Waals surface area contributed by atoms with Crippen LogP contribution in [0.3, 0.4) is 0 Å². The molecule has 0 saturated carbocycles. The van der Waals surface area contributed by atoms with Gasteiger partial charge in [-0.05, 0) is 35.4 Å². The van der Waals surface area contributed by atoms with Crippen molar-refractivity contribution in [3.05, 3.63) is 69.4 Å². The molecule has 5 heteroatoms. The summed E-state index contributed by atoms with van der Waals surface area (Å²) in [5.41, 5.74) is 6.77. The minimum absolute atomic E-state index is 0.291. The molecule has 0 aromatic heterocycles. The van der Waals surface area contributed by atoms with Crippen LogP contribution in [0.2, 0.25) is 0 Å². The Hall–Kier alpha value is -1.33. The highest BCUT2D eigenvalue weighted by Crippen LogP contribution is 2.28. The van der Waals surface area contributed by atoms with E-state index >= 15 is 0 Å². The third-order valence-electron chi connectivity index (χ3n) is 2.54. The molecule has 2 rings (SSSR count). The highest BCUT2D eigenvalue weighted by Gasteiger charge is 2.14. The highest BCUT2D eigenvalue weighted by atomic mass is 79.9. The molecule has 0 aliphatic carbocycles. The topological polar surface area (TPSA) is 26.0 Å². The van der Waals surface area contributed by atoms with E-state index < -0.39 is 23.5 Å². The molecule has 2 N–H and O–H groups in total. The molecule has 0 radical (unpaired) electrons. The van der Waals surface area contributed by atoms with E-state index in [2.05, 4.69) is 15.9 Å². The molecule has 0 spiro atoms. The molecular formula is C13H9BrF3N. The predicted octanol–water partition coefficient (Wildman–Crippen LogP) is 3.91. The zero-order chi connectivity index (χ0) is 13.3. The fraction of sp³-hybridized carbons (Fsp3) is 0.0769. The molecule has 1 unspecified atom stereocenters. The first-order chi connectivity index (χ1) is 8.47. The molecule has 0 amide bonds. The first-order valence-corrected chi connectivity index (χ1v) is 5.93. The van der Waals surface area contributed by atoms with Gasteiger partial charge in [0, 0.05) is 10.5 Å². The van der Waals surface area contributed by atoms with E-state index in [4.69, 9.17) is 5.73 Å². The second-order valence-electron chi connectivity index (χ2n) is 3.85. The van der Waals surface area contributed by atoms with Crippen molar-refractivity contribution in [3.8, 4) is 0 Å². The summed E-state index contributed by atoms with van der Waals surface area (Å²) in [6.45, 7) is 0. The third-order valence-corrected chi connectivity index (χ3v) is 3.23. The lowest BCUT2D eigenvalue weighted by Crippen LogP contribution is -2.13. The largest absolute Gasteiger partial charge is 0.320 e. The van der Waals surface area contributed by atoms with Crippen molar-refractivity contribution in [2.45, 2.75) is 6.04 Å². The Kier molecular flexibility index (Phi) is 3.73. The van der Waals surface area contributed by atoms with Gasteiger partial charge in [0.2, 0.25) is 0 Å². The van der Waals surface area contributed by atoms with Crippen LogP contribution in [0.1, 0.15) is 17.2 Å². The molecule has 2 aromatic carbocycles. The fourth-order valence-electron chi connectivity index (χ4n) is 1.69. The van der Waals surface area contributed by atoms with Crippen molar-refractivity contribution in [2.24, 2.45) is 5.73 Å². The first kappa shape index (κ1) is 13.1.